The van der Waals surface area contributed by atoms with E-state index in [0.717, 1.165) is 11.1 Å². The third-order valence-electron chi connectivity index (χ3n) is 3.10. The first-order valence-corrected chi connectivity index (χ1v) is 8.22. The Bertz CT molecular complexity index is 769. The van der Waals surface area contributed by atoms with Crippen LogP contribution < -0.4 is 5.84 Å². The molecule has 0 aliphatic carbocycles. The van der Waals surface area contributed by atoms with Gasteiger partial charge in [-0.15, -0.1) is 10.2 Å². The Hall–Kier alpha value is -1.69. The lowest BCUT2D eigenvalue weighted by atomic mass is 10.2. The number of nitrogens with zero attached hydrogens (tertiary/aromatic N) is 3. The molecule has 0 fully saturated rings. The molecule has 0 atom stereocenters. The fourth-order valence-corrected chi connectivity index (χ4v) is 3.56. The number of nitrogen functional groups attached to an aromatic ring is 1. The summed E-state index contributed by atoms with van der Waals surface area (Å²) in [5.41, 5.74) is 1.78. The minimum atomic E-state index is 0.572. The summed E-state index contributed by atoms with van der Waals surface area (Å²) in [7, 11) is 0. The molecule has 7 heteroatoms. The number of thioether (sulfide) groups is 1. The average molecular weight is 351 g/mol. The van der Waals surface area contributed by atoms with Gasteiger partial charge in [-0.1, -0.05) is 71.4 Å². The van der Waals surface area contributed by atoms with E-state index in [2.05, 4.69) is 10.2 Å². The van der Waals surface area contributed by atoms with Crippen molar-refractivity contribution >= 4 is 35.0 Å². The zero-order chi connectivity index (χ0) is 15.5. The summed E-state index contributed by atoms with van der Waals surface area (Å²) in [6, 6.07) is 15.1. The molecule has 1 heterocycles. The molecule has 0 radical (unpaired) electrons. The largest absolute Gasteiger partial charge is 0.335 e. The highest BCUT2D eigenvalue weighted by Gasteiger charge is 2.13. The van der Waals surface area contributed by atoms with Gasteiger partial charge in [0.2, 0.25) is 5.16 Å². The first kappa shape index (κ1) is 15.2. The van der Waals surface area contributed by atoms with E-state index in [4.69, 9.17) is 29.0 Å². The number of hydrogen-bond acceptors (Lipinski definition) is 4. The monoisotopic (exact) mass is 350 g/mol. The maximum absolute atomic E-state index is 6.16. The minimum Gasteiger partial charge on any atom is -0.335 e. The van der Waals surface area contributed by atoms with Gasteiger partial charge in [-0.05, 0) is 17.7 Å². The van der Waals surface area contributed by atoms with Crippen molar-refractivity contribution in [2.75, 3.05) is 5.84 Å². The van der Waals surface area contributed by atoms with Gasteiger partial charge in [-0.3, -0.25) is 0 Å². The van der Waals surface area contributed by atoms with Crippen molar-refractivity contribution in [1.29, 1.82) is 0 Å². The van der Waals surface area contributed by atoms with Crippen molar-refractivity contribution < 1.29 is 0 Å². The van der Waals surface area contributed by atoms with Crippen molar-refractivity contribution in [1.82, 2.24) is 14.9 Å². The van der Waals surface area contributed by atoms with Crippen LogP contribution in [0.5, 0.6) is 0 Å². The van der Waals surface area contributed by atoms with Gasteiger partial charge in [0.05, 0.1) is 0 Å². The second-order valence-corrected chi connectivity index (χ2v) is 6.29. The Balaban J connectivity index is 1.81. The molecule has 0 unspecified atom stereocenters. The number of benzene rings is 2. The van der Waals surface area contributed by atoms with Crippen molar-refractivity contribution in [2.45, 2.75) is 10.9 Å². The topological polar surface area (TPSA) is 56.7 Å². The highest BCUT2D eigenvalue weighted by atomic mass is 35.5. The van der Waals surface area contributed by atoms with E-state index < -0.39 is 0 Å². The smallest absolute Gasteiger partial charge is 0.210 e. The molecule has 0 aliphatic heterocycles. The van der Waals surface area contributed by atoms with Gasteiger partial charge in [0, 0.05) is 21.4 Å². The van der Waals surface area contributed by atoms with Crippen molar-refractivity contribution in [3.8, 4) is 11.4 Å². The van der Waals surface area contributed by atoms with Gasteiger partial charge in [-0.25, -0.2) is 4.68 Å². The number of rotatable bonds is 4. The van der Waals surface area contributed by atoms with Crippen LogP contribution in [-0.2, 0) is 5.75 Å². The molecule has 4 nitrogen and oxygen atoms in total. The van der Waals surface area contributed by atoms with E-state index in [0.29, 0.717) is 26.8 Å². The van der Waals surface area contributed by atoms with Crippen LogP contribution in [0.3, 0.4) is 0 Å². The number of halogens is 2. The van der Waals surface area contributed by atoms with Crippen molar-refractivity contribution in [3.63, 3.8) is 0 Å². The van der Waals surface area contributed by atoms with Crippen LogP contribution in [0.1, 0.15) is 5.56 Å². The molecule has 0 saturated heterocycles. The summed E-state index contributed by atoms with van der Waals surface area (Å²) < 4.78 is 1.48. The summed E-state index contributed by atoms with van der Waals surface area (Å²) in [6.07, 6.45) is 0. The van der Waals surface area contributed by atoms with Crippen LogP contribution in [0, 0.1) is 0 Å². The summed E-state index contributed by atoms with van der Waals surface area (Å²) in [4.78, 5) is 0. The molecule has 3 rings (SSSR count). The van der Waals surface area contributed by atoms with Crippen LogP contribution in [0.15, 0.2) is 53.7 Å². The lowest BCUT2D eigenvalue weighted by Crippen LogP contribution is -2.11. The SMILES string of the molecule is Nn1c(SCc2c(Cl)cccc2Cl)nnc1-c1ccccc1. The Morgan fingerprint density at radius 1 is 0.955 bits per heavy atom. The summed E-state index contributed by atoms with van der Waals surface area (Å²) in [5.74, 6) is 7.27. The molecule has 3 aromatic rings. The summed E-state index contributed by atoms with van der Waals surface area (Å²) in [5, 5.41) is 10.1. The molecule has 112 valence electrons. The van der Waals surface area contributed by atoms with Crippen LogP contribution in [0.25, 0.3) is 11.4 Å². The normalized spacial score (nSPS) is 10.8. The Kier molecular flexibility index (Phi) is 4.57. The summed E-state index contributed by atoms with van der Waals surface area (Å²) in [6.45, 7) is 0. The quantitative estimate of drug-likeness (QED) is 0.564. The zero-order valence-electron chi connectivity index (χ0n) is 11.4. The third-order valence-corrected chi connectivity index (χ3v) is 4.78. The van der Waals surface area contributed by atoms with E-state index in [1.807, 2.05) is 48.5 Å². The van der Waals surface area contributed by atoms with Crippen molar-refractivity contribution in [3.05, 3.63) is 64.1 Å². The molecule has 2 N–H and O–H groups in total. The molecular weight excluding hydrogens is 339 g/mol. The minimum absolute atomic E-state index is 0.572. The Labute approximate surface area is 142 Å². The summed E-state index contributed by atoms with van der Waals surface area (Å²) >= 11 is 13.8. The van der Waals surface area contributed by atoms with E-state index in [-0.39, 0.29) is 0 Å². The number of aromatic nitrogens is 3. The van der Waals surface area contributed by atoms with Crippen LogP contribution in [0.4, 0.5) is 0 Å². The average Bonchev–Trinajstić information content (AvgIpc) is 2.89. The van der Waals surface area contributed by atoms with E-state index in [9.17, 15) is 0 Å². The van der Waals surface area contributed by atoms with Gasteiger partial charge in [0.15, 0.2) is 5.82 Å². The van der Waals surface area contributed by atoms with E-state index in [1.165, 1.54) is 16.4 Å². The molecule has 0 saturated carbocycles. The molecule has 2 aromatic carbocycles. The Morgan fingerprint density at radius 3 is 2.32 bits per heavy atom. The van der Waals surface area contributed by atoms with Gasteiger partial charge in [-0.2, -0.15) is 0 Å². The van der Waals surface area contributed by atoms with Crippen molar-refractivity contribution in [2.24, 2.45) is 0 Å². The van der Waals surface area contributed by atoms with Gasteiger partial charge >= 0.3 is 0 Å². The van der Waals surface area contributed by atoms with Crippen LogP contribution >= 0.6 is 35.0 Å². The van der Waals surface area contributed by atoms with Crippen LogP contribution in [-0.4, -0.2) is 14.9 Å². The fourth-order valence-electron chi connectivity index (χ4n) is 1.97. The second kappa shape index (κ2) is 6.60. The third kappa shape index (κ3) is 3.06. The zero-order valence-corrected chi connectivity index (χ0v) is 13.7. The van der Waals surface area contributed by atoms with Gasteiger partial charge in [0.1, 0.15) is 0 Å². The van der Waals surface area contributed by atoms with E-state index in [1.54, 1.807) is 0 Å². The molecule has 22 heavy (non-hydrogen) atoms. The highest BCUT2D eigenvalue weighted by molar-refractivity contribution is 7.98. The lowest BCUT2D eigenvalue weighted by Gasteiger charge is -2.06. The first-order valence-electron chi connectivity index (χ1n) is 6.48. The number of nitrogens with two attached hydrogens (primary N) is 1. The van der Waals surface area contributed by atoms with E-state index >= 15 is 0 Å². The lowest BCUT2D eigenvalue weighted by molar-refractivity contribution is 0.849. The standard InChI is InChI=1S/C15H12Cl2N4S/c16-12-7-4-8-13(17)11(12)9-22-15-20-19-14(21(15)18)10-5-2-1-3-6-10/h1-8H,9,18H2. The molecular formula is C15H12Cl2N4S. The Morgan fingerprint density at radius 2 is 1.64 bits per heavy atom. The molecule has 1 aromatic heterocycles. The highest BCUT2D eigenvalue weighted by Crippen LogP contribution is 2.31. The first-order chi connectivity index (χ1) is 10.7. The maximum atomic E-state index is 6.16. The maximum Gasteiger partial charge on any atom is 0.210 e. The molecule has 0 amide bonds. The van der Waals surface area contributed by atoms with Gasteiger partial charge < -0.3 is 5.84 Å². The predicted molar refractivity (Wildman–Crippen MR) is 91.6 cm³/mol. The molecule has 0 aliphatic rings. The fraction of sp³-hybridized carbons (Fsp3) is 0.0667. The van der Waals surface area contributed by atoms with Gasteiger partial charge in [0.25, 0.3) is 0 Å². The second-order valence-electron chi connectivity index (χ2n) is 4.53. The molecule has 0 spiro atoms. The van der Waals surface area contributed by atoms with Crippen LogP contribution in [0.2, 0.25) is 10.0 Å². The molecule has 0 bridgehead atoms. The predicted octanol–water partition coefficient (Wildman–Crippen LogP) is 4.26. The number of hydrogen-bond donors (Lipinski definition) is 1.